The molecule has 1 aromatic heterocycles. The fourth-order valence-electron chi connectivity index (χ4n) is 2.08. The molecule has 2 rings (SSSR count). The lowest BCUT2D eigenvalue weighted by Gasteiger charge is -2.02. The Bertz CT molecular complexity index is 667. The number of nitrogens with zero attached hydrogens (tertiary/aromatic N) is 1. The van der Waals surface area contributed by atoms with Crippen LogP contribution in [0.15, 0.2) is 30.3 Å². The smallest absolute Gasteiger partial charge is 0.303 e. The number of aliphatic carboxylic acids is 1. The van der Waals surface area contributed by atoms with Gasteiger partial charge in [-0.1, -0.05) is 6.42 Å². The van der Waals surface area contributed by atoms with Crippen LogP contribution in [0.3, 0.4) is 0 Å². The standard InChI is InChI=1S/C16H18FN3O3/c17-12-7-5-11(6-8-12)13-10-14(20-19-13)16(23)18-9-3-1-2-4-15(21)22/h5-8,10H,1-4,9H2,(H,18,23)(H,19,20)(H,21,22). The number of rotatable bonds is 8. The van der Waals surface area contributed by atoms with Gasteiger partial charge in [0.25, 0.3) is 5.91 Å². The second-order valence-corrected chi connectivity index (χ2v) is 5.13. The summed E-state index contributed by atoms with van der Waals surface area (Å²) in [5, 5.41) is 18.0. The van der Waals surface area contributed by atoms with Gasteiger partial charge in [0, 0.05) is 18.5 Å². The lowest BCUT2D eigenvalue weighted by Crippen LogP contribution is -2.24. The SMILES string of the molecule is O=C(O)CCCCCNC(=O)c1cc(-c2ccc(F)cc2)n[nH]1. The summed E-state index contributed by atoms with van der Waals surface area (Å²) in [6, 6.07) is 7.46. The number of carboxylic acid groups (broad SMARTS) is 1. The molecule has 1 heterocycles. The van der Waals surface area contributed by atoms with Crippen LogP contribution in [0, 0.1) is 5.82 Å². The van der Waals surface area contributed by atoms with Gasteiger partial charge in [-0.25, -0.2) is 4.39 Å². The zero-order chi connectivity index (χ0) is 16.7. The maximum absolute atomic E-state index is 12.9. The van der Waals surface area contributed by atoms with Crippen LogP contribution in [-0.2, 0) is 4.79 Å². The third kappa shape index (κ3) is 5.21. The van der Waals surface area contributed by atoms with Crippen molar-refractivity contribution in [3.63, 3.8) is 0 Å². The molecular weight excluding hydrogens is 301 g/mol. The predicted molar refractivity (Wildman–Crippen MR) is 82.4 cm³/mol. The average molecular weight is 319 g/mol. The molecule has 0 bridgehead atoms. The Hall–Kier alpha value is -2.70. The number of aromatic nitrogens is 2. The molecule has 0 unspecified atom stereocenters. The van der Waals surface area contributed by atoms with E-state index in [4.69, 9.17) is 5.11 Å². The van der Waals surface area contributed by atoms with Crippen molar-refractivity contribution in [2.75, 3.05) is 6.54 Å². The Morgan fingerprint density at radius 1 is 1.17 bits per heavy atom. The zero-order valence-corrected chi connectivity index (χ0v) is 12.5. The molecule has 6 nitrogen and oxygen atoms in total. The summed E-state index contributed by atoms with van der Waals surface area (Å²) in [6.07, 6.45) is 2.22. The quantitative estimate of drug-likeness (QED) is 0.652. The first-order chi connectivity index (χ1) is 11.1. The highest BCUT2D eigenvalue weighted by Gasteiger charge is 2.10. The monoisotopic (exact) mass is 319 g/mol. The summed E-state index contributed by atoms with van der Waals surface area (Å²) in [6.45, 7) is 0.476. The van der Waals surface area contributed by atoms with Gasteiger partial charge in [-0.15, -0.1) is 0 Å². The van der Waals surface area contributed by atoms with Crippen LogP contribution in [0.5, 0.6) is 0 Å². The summed E-state index contributed by atoms with van der Waals surface area (Å²) in [5.74, 6) is -1.41. The number of nitrogens with one attached hydrogen (secondary N) is 2. The van der Waals surface area contributed by atoms with Crippen molar-refractivity contribution in [2.45, 2.75) is 25.7 Å². The van der Waals surface area contributed by atoms with Gasteiger partial charge in [0.1, 0.15) is 11.5 Å². The molecule has 0 aliphatic carbocycles. The van der Waals surface area contributed by atoms with Crippen LogP contribution in [-0.4, -0.2) is 33.7 Å². The Labute approximate surface area is 132 Å². The predicted octanol–water partition coefficient (Wildman–Crippen LogP) is 2.59. The van der Waals surface area contributed by atoms with Crippen LogP contribution < -0.4 is 5.32 Å². The Kier molecular flexibility index (Phi) is 5.85. The number of hydrogen-bond acceptors (Lipinski definition) is 3. The highest BCUT2D eigenvalue weighted by molar-refractivity contribution is 5.93. The van der Waals surface area contributed by atoms with E-state index in [2.05, 4.69) is 15.5 Å². The summed E-state index contributed by atoms with van der Waals surface area (Å²) >= 11 is 0. The summed E-state index contributed by atoms with van der Waals surface area (Å²) in [7, 11) is 0. The van der Waals surface area contributed by atoms with E-state index in [1.165, 1.54) is 12.1 Å². The van der Waals surface area contributed by atoms with Crippen LogP contribution in [0.25, 0.3) is 11.3 Å². The average Bonchev–Trinajstić information content (AvgIpc) is 3.01. The third-order valence-corrected chi connectivity index (χ3v) is 3.32. The minimum atomic E-state index is -0.806. The molecule has 0 saturated heterocycles. The number of carbonyl (C=O) groups excluding carboxylic acids is 1. The van der Waals surface area contributed by atoms with E-state index in [9.17, 15) is 14.0 Å². The normalized spacial score (nSPS) is 10.5. The minimum Gasteiger partial charge on any atom is -0.481 e. The molecule has 122 valence electrons. The molecule has 0 atom stereocenters. The van der Waals surface area contributed by atoms with E-state index in [0.29, 0.717) is 24.4 Å². The number of amides is 1. The maximum atomic E-state index is 12.9. The van der Waals surface area contributed by atoms with Crippen molar-refractivity contribution in [2.24, 2.45) is 0 Å². The molecular formula is C16H18FN3O3. The summed E-state index contributed by atoms with van der Waals surface area (Å²) in [5.41, 5.74) is 1.61. The van der Waals surface area contributed by atoms with Gasteiger partial charge >= 0.3 is 5.97 Å². The van der Waals surface area contributed by atoms with Crippen LogP contribution >= 0.6 is 0 Å². The van der Waals surface area contributed by atoms with Gasteiger partial charge in [-0.05, 0) is 43.2 Å². The van der Waals surface area contributed by atoms with Crippen molar-refractivity contribution < 1.29 is 19.1 Å². The van der Waals surface area contributed by atoms with Crippen molar-refractivity contribution in [1.29, 1.82) is 0 Å². The van der Waals surface area contributed by atoms with Crippen molar-refractivity contribution in [3.05, 3.63) is 41.8 Å². The topological polar surface area (TPSA) is 95.1 Å². The third-order valence-electron chi connectivity index (χ3n) is 3.32. The number of H-pyrrole nitrogens is 1. The fraction of sp³-hybridized carbons (Fsp3) is 0.312. The molecule has 2 aromatic rings. The lowest BCUT2D eigenvalue weighted by molar-refractivity contribution is -0.137. The maximum Gasteiger partial charge on any atom is 0.303 e. The summed E-state index contributed by atoms with van der Waals surface area (Å²) < 4.78 is 12.9. The number of benzene rings is 1. The van der Waals surface area contributed by atoms with E-state index in [1.807, 2.05) is 0 Å². The minimum absolute atomic E-state index is 0.148. The van der Waals surface area contributed by atoms with E-state index in [1.54, 1.807) is 18.2 Å². The Balaban J connectivity index is 1.79. The first-order valence-corrected chi connectivity index (χ1v) is 7.37. The molecule has 0 fully saturated rings. The van der Waals surface area contributed by atoms with Crippen molar-refractivity contribution >= 4 is 11.9 Å². The number of halogens is 1. The van der Waals surface area contributed by atoms with Crippen LogP contribution in [0.1, 0.15) is 36.2 Å². The molecule has 3 N–H and O–H groups in total. The molecule has 1 amide bonds. The molecule has 0 radical (unpaired) electrons. The molecule has 0 spiro atoms. The molecule has 0 aliphatic heterocycles. The van der Waals surface area contributed by atoms with Crippen molar-refractivity contribution in [3.8, 4) is 11.3 Å². The second-order valence-electron chi connectivity index (χ2n) is 5.13. The van der Waals surface area contributed by atoms with E-state index >= 15 is 0 Å². The number of carbonyl (C=O) groups is 2. The second kappa shape index (κ2) is 8.07. The van der Waals surface area contributed by atoms with E-state index < -0.39 is 5.97 Å². The molecule has 0 aliphatic rings. The fourth-order valence-corrected chi connectivity index (χ4v) is 2.08. The largest absolute Gasteiger partial charge is 0.481 e. The van der Waals surface area contributed by atoms with Crippen LogP contribution in [0.2, 0.25) is 0 Å². The van der Waals surface area contributed by atoms with Gasteiger partial charge in [0.15, 0.2) is 0 Å². The van der Waals surface area contributed by atoms with E-state index in [0.717, 1.165) is 18.4 Å². The van der Waals surface area contributed by atoms with Gasteiger partial charge < -0.3 is 10.4 Å². The molecule has 1 aromatic carbocycles. The highest BCUT2D eigenvalue weighted by atomic mass is 19.1. The number of carboxylic acids is 1. The van der Waals surface area contributed by atoms with Gasteiger partial charge in [0.2, 0.25) is 0 Å². The van der Waals surface area contributed by atoms with Gasteiger partial charge in [0.05, 0.1) is 5.69 Å². The molecule has 0 saturated carbocycles. The Morgan fingerprint density at radius 2 is 1.91 bits per heavy atom. The van der Waals surface area contributed by atoms with E-state index in [-0.39, 0.29) is 18.1 Å². The number of unbranched alkanes of at least 4 members (excludes halogenated alkanes) is 2. The first kappa shape index (κ1) is 16.7. The van der Waals surface area contributed by atoms with Gasteiger partial charge in [-0.2, -0.15) is 5.10 Å². The lowest BCUT2D eigenvalue weighted by atomic mass is 10.1. The molecule has 23 heavy (non-hydrogen) atoms. The number of aromatic amines is 1. The first-order valence-electron chi connectivity index (χ1n) is 7.37. The van der Waals surface area contributed by atoms with Crippen molar-refractivity contribution in [1.82, 2.24) is 15.5 Å². The molecule has 7 heteroatoms. The van der Waals surface area contributed by atoms with Gasteiger partial charge in [-0.3, -0.25) is 14.7 Å². The van der Waals surface area contributed by atoms with Crippen LogP contribution in [0.4, 0.5) is 4.39 Å². The number of hydrogen-bond donors (Lipinski definition) is 3. The Morgan fingerprint density at radius 3 is 2.61 bits per heavy atom. The highest BCUT2D eigenvalue weighted by Crippen LogP contribution is 2.17. The summed E-state index contributed by atoms with van der Waals surface area (Å²) in [4.78, 5) is 22.3. The zero-order valence-electron chi connectivity index (χ0n) is 12.5.